The van der Waals surface area contributed by atoms with Crippen molar-refractivity contribution in [1.29, 1.82) is 10.5 Å². The number of alkyl halides is 6. The molecule has 1 N–H and O–H groups in total. The molecule has 1 aromatic carbocycles. The highest BCUT2D eigenvalue weighted by Gasteiger charge is 2.51. The lowest BCUT2D eigenvalue weighted by Gasteiger charge is -2.35. The average Bonchev–Trinajstić information content (AvgIpc) is 3.09. The summed E-state index contributed by atoms with van der Waals surface area (Å²) in [5.41, 5.74) is -4.76. The van der Waals surface area contributed by atoms with Crippen molar-refractivity contribution < 1.29 is 26.3 Å². The van der Waals surface area contributed by atoms with Crippen molar-refractivity contribution in [2.75, 3.05) is 6.54 Å². The third-order valence-electron chi connectivity index (χ3n) is 5.53. The normalized spacial score (nSPS) is 20.2. The van der Waals surface area contributed by atoms with Crippen LogP contribution in [0.1, 0.15) is 51.2 Å². The van der Waals surface area contributed by atoms with E-state index in [4.69, 9.17) is 5.26 Å². The molecule has 6 nitrogen and oxygen atoms in total. The van der Waals surface area contributed by atoms with Gasteiger partial charge in [-0.1, -0.05) is 20.3 Å². The van der Waals surface area contributed by atoms with E-state index < -0.39 is 41.2 Å². The summed E-state index contributed by atoms with van der Waals surface area (Å²) < 4.78 is 80.3. The molecule has 1 heterocycles. The quantitative estimate of drug-likeness (QED) is 0.195. The number of benzene rings is 1. The molecular weight excluding hydrogens is 450 g/mol. The minimum absolute atomic E-state index is 0.123. The molecule has 2 rings (SSSR count). The van der Waals surface area contributed by atoms with Crippen LogP contribution in [0, 0.1) is 28.7 Å². The summed E-state index contributed by atoms with van der Waals surface area (Å²) in [6, 6.07) is 4.10. The Morgan fingerprint density at radius 3 is 2.42 bits per heavy atom. The minimum atomic E-state index is -4.84. The zero-order valence-electron chi connectivity index (χ0n) is 18.1. The number of nitriles is 2. The van der Waals surface area contributed by atoms with Crippen molar-refractivity contribution in [1.82, 2.24) is 10.3 Å². The number of rotatable bonds is 6. The Labute approximate surface area is 187 Å². The SMILES string of the molecule is CC[C@H](C)CCN1N=C(C(F)(F)F)C[C@@]1(C)C(=Nc1ccc(C#N)c(C(F)(F)F)c1)NC#N. The van der Waals surface area contributed by atoms with E-state index in [9.17, 15) is 31.6 Å². The predicted octanol–water partition coefficient (Wildman–Crippen LogP) is 5.50. The van der Waals surface area contributed by atoms with Gasteiger partial charge in [0.2, 0.25) is 0 Å². The number of nitrogens with zero attached hydrogens (tertiary/aromatic N) is 5. The van der Waals surface area contributed by atoms with E-state index in [1.807, 2.05) is 13.8 Å². The zero-order valence-corrected chi connectivity index (χ0v) is 18.1. The maximum Gasteiger partial charge on any atom is 0.431 e. The fourth-order valence-corrected chi connectivity index (χ4v) is 3.31. The highest BCUT2D eigenvalue weighted by molar-refractivity contribution is 6.02. The standard InChI is InChI=1S/C21H22F6N6/c1-4-13(2)7-8-33-19(3,10-17(32-33)21(25,26)27)18(30-12-29)31-15-6-5-14(11-28)16(9-15)20(22,23)24/h5-6,9,13H,4,7-8,10H2,1-3H3,(H,30,31)/t13-,19-/m0/s1. The molecule has 1 aromatic rings. The summed E-state index contributed by atoms with van der Waals surface area (Å²) in [4.78, 5) is 4.06. The first kappa shape index (κ1) is 26.0. The maximum atomic E-state index is 13.4. The number of hydrogen-bond donors (Lipinski definition) is 1. The van der Waals surface area contributed by atoms with E-state index >= 15 is 0 Å². The van der Waals surface area contributed by atoms with Crippen molar-refractivity contribution >= 4 is 17.2 Å². The van der Waals surface area contributed by atoms with Crippen molar-refractivity contribution in [3.8, 4) is 12.3 Å². The summed E-state index contributed by atoms with van der Waals surface area (Å²) in [6.45, 7) is 5.38. The lowest BCUT2D eigenvalue weighted by atomic mass is 9.92. The number of hydrazone groups is 1. The fraction of sp³-hybridized carbons (Fsp3) is 0.524. The Morgan fingerprint density at radius 2 is 1.91 bits per heavy atom. The Kier molecular flexibility index (Phi) is 7.63. The van der Waals surface area contributed by atoms with Crippen molar-refractivity contribution in [3.63, 3.8) is 0 Å². The Morgan fingerprint density at radius 1 is 1.24 bits per heavy atom. The van der Waals surface area contributed by atoms with Crippen LogP contribution < -0.4 is 5.32 Å². The van der Waals surface area contributed by atoms with Crippen LogP contribution in [0.25, 0.3) is 0 Å². The van der Waals surface area contributed by atoms with Crippen molar-refractivity contribution in [2.24, 2.45) is 16.0 Å². The van der Waals surface area contributed by atoms with Crippen LogP contribution >= 0.6 is 0 Å². The smallest absolute Gasteiger partial charge is 0.283 e. The molecule has 33 heavy (non-hydrogen) atoms. The molecule has 0 bridgehead atoms. The average molecular weight is 472 g/mol. The minimum Gasteiger partial charge on any atom is -0.283 e. The zero-order chi connectivity index (χ0) is 25.0. The van der Waals surface area contributed by atoms with Crippen LogP contribution in [0.3, 0.4) is 0 Å². The highest BCUT2D eigenvalue weighted by Crippen LogP contribution is 2.38. The van der Waals surface area contributed by atoms with Crippen LogP contribution in [-0.4, -0.2) is 34.8 Å². The molecule has 0 saturated carbocycles. The van der Waals surface area contributed by atoms with Gasteiger partial charge in [-0.15, -0.1) is 0 Å². The molecule has 0 spiro atoms. The molecule has 1 aliphatic rings. The molecule has 0 unspecified atom stereocenters. The molecule has 0 amide bonds. The molecule has 0 saturated heterocycles. The molecule has 12 heteroatoms. The van der Waals surface area contributed by atoms with Gasteiger partial charge in [-0.25, -0.2) is 4.99 Å². The van der Waals surface area contributed by atoms with E-state index in [2.05, 4.69) is 15.4 Å². The van der Waals surface area contributed by atoms with Gasteiger partial charge in [0.15, 0.2) is 6.19 Å². The first-order chi connectivity index (χ1) is 15.3. The highest BCUT2D eigenvalue weighted by atomic mass is 19.4. The summed E-state index contributed by atoms with van der Waals surface area (Å²) in [5, 5.41) is 25.3. The topological polar surface area (TPSA) is 87.6 Å². The van der Waals surface area contributed by atoms with Gasteiger partial charge in [0.1, 0.15) is 17.1 Å². The van der Waals surface area contributed by atoms with Crippen LogP contribution in [0.2, 0.25) is 0 Å². The summed E-state index contributed by atoms with van der Waals surface area (Å²) in [5.74, 6) is -0.0912. The van der Waals surface area contributed by atoms with E-state index in [-0.39, 0.29) is 24.0 Å². The third-order valence-corrected chi connectivity index (χ3v) is 5.53. The van der Waals surface area contributed by atoms with Gasteiger partial charge in [0.25, 0.3) is 0 Å². The fourth-order valence-electron chi connectivity index (χ4n) is 3.31. The number of aliphatic imine (C=N–C) groups is 1. The maximum absolute atomic E-state index is 13.4. The summed E-state index contributed by atoms with van der Waals surface area (Å²) in [7, 11) is 0. The number of amidine groups is 1. The van der Waals surface area contributed by atoms with E-state index in [1.165, 1.54) is 18.0 Å². The second-order valence-electron chi connectivity index (χ2n) is 7.96. The monoisotopic (exact) mass is 472 g/mol. The Hall–Kier alpha value is -3.28. The molecule has 1 aliphatic heterocycles. The lowest BCUT2D eigenvalue weighted by Crippen LogP contribution is -2.52. The van der Waals surface area contributed by atoms with Crippen molar-refractivity contribution in [3.05, 3.63) is 29.3 Å². The van der Waals surface area contributed by atoms with Gasteiger partial charge in [0, 0.05) is 13.0 Å². The molecule has 0 radical (unpaired) electrons. The molecule has 0 aromatic heterocycles. The lowest BCUT2D eigenvalue weighted by molar-refractivity contribution is -0.137. The van der Waals surface area contributed by atoms with Gasteiger partial charge in [0.05, 0.1) is 22.9 Å². The van der Waals surface area contributed by atoms with Crippen molar-refractivity contribution in [2.45, 2.75) is 57.9 Å². The predicted molar refractivity (Wildman–Crippen MR) is 109 cm³/mol. The second-order valence-corrected chi connectivity index (χ2v) is 7.96. The number of halogens is 6. The van der Waals surface area contributed by atoms with Gasteiger partial charge < -0.3 is 0 Å². The van der Waals surface area contributed by atoms with E-state index in [0.717, 1.165) is 18.6 Å². The summed E-state index contributed by atoms with van der Waals surface area (Å²) >= 11 is 0. The first-order valence-corrected chi connectivity index (χ1v) is 10.0. The largest absolute Gasteiger partial charge is 0.431 e. The molecule has 2 atom stereocenters. The van der Waals surface area contributed by atoms with E-state index in [0.29, 0.717) is 12.5 Å². The van der Waals surface area contributed by atoms with Crippen LogP contribution in [0.5, 0.6) is 0 Å². The molecule has 0 fully saturated rings. The van der Waals surface area contributed by atoms with Crippen LogP contribution in [-0.2, 0) is 6.18 Å². The molecule has 178 valence electrons. The van der Waals surface area contributed by atoms with Gasteiger partial charge >= 0.3 is 12.4 Å². The third kappa shape index (κ3) is 5.95. The van der Waals surface area contributed by atoms with Crippen LogP contribution in [0.15, 0.2) is 28.3 Å². The number of nitrogens with one attached hydrogen (secondary N) is 1. The first-order valence-electron chi connectivity index (χ1n) is 10.0. The van der Waals surface area contributed by atoms with E-state index in [1.54, 1.807) is 6.19 Å². The number of hydrogen-bond acceptors (Lipinski definition) is 5. The molecule has 0 aliphatic carbocycles. The Balaban J connectivity index is 2.56. The van der Waals surface area contributed by atoms with Crippen LogP contribution in [0.4, 0.5) is 32.0 Å². The molecular formula is C21H22F6N6. The van der Waals surface area contributed by atoms with Gasteiger partial charge in [-0.05, 0) is 37.5 Å². The Bertz CT molecular complexity index is 1010. The van der Waals surface area contributed by atoms with Gasteiger partial charge in [-0.3, -0.25) is 10.3 Å². The second kappa shape index (κ2) is 9.69. The summed E-state index contributed by atoms with van der Waals surface area (Å²) in [6.07, 6.45) is -7.31. The van der Waals surface area contributed by atoms with Gasteiger partial charge in [-0.2, -0.15) is 42.0 Å².